The number of aromatic nitrogens is 1. The van der Waals surface area contributed by atoms with Gasteiger partial charge in [-0.25, -0.2) is 4.98 Å². The number of hydrogen-bond acceptors (Lipinski definition) is 5. The number of para-hydroxylation sites is 1. The van der Waals surface area contributed by atoms with Crippen LogP contribution in [0.3, 0.4) is 0 Å². The van der Waals surface area contributed by atoms with Crippen molar-refractivity contribution in [3.8, 4) is 0 Å². The molecule has 2 rings (SSSR count). The highest BCUT2D eigenvalue weighted by Gasteiger charge is 2.15. The van der Waals surface area contributed by atoms with Crippen LogP contribution in [-0.4, -0.2) is 34.5 Å². The molecule has 92 valence electrons. The molecule has 1 unspecified atom stereocenters. The smallest absolute Gasteiger partial charge is 0.111 e. The largest absolute Gasteiger partial charge is 0.395 e. The van der Waals surface area contributed by atoms with Gasteiger partial charge in [-0.2, -0.15) is 0 Å². The first-order valence-corrected chi connectivity index (χ1v) is 6.39. The van der Waals surface area contributed by atoms with Crippen LogP contribution in [0.1, 0.15) is 18.0 Å². The summed E-state index contributed by atoms with van der Waals surface area (Å²) < 4.78 is 1.15. The third kappa shape index (κ3) is 2.81. The fraction of sp³-hybridized carbons (Fsp3) is 0.417. The predicted molar refractivity (Wildman–Crippen MR) is 69.1 cm³/mol. The second kappa shape index (κ2) is 5.55. The number of nitrogens with one attached hydrogen (secondary N) is 1. The Morgan fingerprint density at radius 3 is 2.65 bits per heavy atom. The van der Waals surface area contributed by atoms with Crippen molar-refractivity contribution >= 4 is 21.6 Å². The third-order valence-electron chi connectivity index (χ3n) is 2.61. The van der Waals surface area contributed by atoms with Gasteiger partial charge in [0.05, 0.1) is 35.5 Å². The SMILES string of the molecule is CC(NC(CO)CO)c1nc2ccccc2s1. The minimum absolute atomic E-state index is 0.0247. The molecule has 0 aliphatic carbocycles. The van der Waals surface area contributed by atoms with Gasteiger partial charge in [0.15, 0.2) is 0 Å². The first kappa shape index (κ1) is 12.4. The molecule has 0 amide bonds. The highest BCUT2D eigenvalue weighted by Crippen LogP contribution is 2.26. The molecule has 0 aliphatic rings. The van der Waals surface area contributed by atoms with Gasteiger partial charge in [0, 0.05) is 0 Å². The Bertz CT molecular complexity index is 449. The number of nitrogens with zero attached hydrogens (tertiary/aromatic N) is 1. The molecule has 4 nitrogen and oxygen atoms in total. The monoisotopic (exact) mass is 252 g/mol. The second-order valence-electron chi connectivity index (χ2n) is 3.97. The van der Waals surface area contributed by atoms with Gasteiger partial charge in [0.25, 0.3) is 0 Å². The van der Waals surface area contributed by atoms with E-state index in [1.54, 1.807) is 11.3 Å². The summed E-state index contributed by atoms with van der Waals surface area (Å²) in [5, 5.41) is 22.2. The Morgan fingerprint density at radius 1 is 1.29 bits per heavy atom. The molecule has 0 radical (unpaired) electrons. The molecule has 0 saturated carbocycles. The van der Waals surface area contributed by atoms with Crippen molar-refractivity contribution in [3.63, 3.8) is 0 Å². The zero-order valence-corrected chi connectivity index (χ0v) is 10.4. The maximum atomic E-state index is 9.02. The van der Waals surface area contributed by atoms with Crippen LogP contribution in [0.2, 0.25) is 0 Å². The van der Waals surface area contributed by atoms with Crippen molar-refractivity contribution < 1.29 is 10.2 Å². The van der Waals surface area contributed by atoms with Gasteiger partial charge in [-0.05, 0) is 19.1 Å². The van der Waals surface area contributed by atoms with E-state index < -0.39 is 0 Å². The molecule has 0 aliphatic heterocycles. The van der Waals surface area contributed by atoms with Gasteiger partial charge in [-0.1, -0.05) is 12.1 Å². The summed E-state index contributed by atoms with van der Waals surface area (Å²) in [7, 11) is 0. The van der Waals surface area contributed by atoms with E-state index in [4.69, 9.17) is 10.2 Å². The molecular weight excluding hydrogens is 236 g/mol. The fourth-order valence-corrected chi connectivity index (χ4v) is 2.64. The number of thiazole rings is 1. The normalized spacial score (nSPS) is 13.4. The van der Waals surface area contributed by atoms with Crippen molar-refractivity contribution in [3.05, 3.63) is 29.3 Å². The molecule has 1 aromatic carbocycles. The van der Waals surface area contributed by atoms with Crippen molar-refractivity contribution in [1.82, 2.24) is 10.3 Å². The molecule has 5 heteroatoms. The Labute approximate surface area is 104 Å². The molecule has 0 fully saturated rings. The van der Waals surface area contributed by atoms with Crippen molar-refractivity contribution in [2.45, 2.75) is 19.0 Å². The van der Waals surface area contributed by atoms with Crippen LogP contribution < -0.4 is 5.32 Å². The van der Waals surface area contributed by atoms with E-state index in [0.29, 0.717) is 0 Å². The Morgan fingerprint density at radius 2 is 2.00 bits per heavy atom. The summed E-state index contributed by atoms with van der Waals surface area (Å²) in [6.07, 6.45) is 0. The van der Waals surface area contributed by atoms with Gasteiger partial charge >= 0.3 is 0 Å². The van der Waals surface area contributed by atoms with Crippen LogP contribution in [0, 0.1) is 0 Å². The van der Waals surface area contributed by atoms with Crippen LogP contribution in [0.5, 0.6) is 0 Å². The van der Waals surface area contributed by atoms with Crippen molar-refractivity contribution in [2.24, 2.45) is 0 Å². The maximum Gasteiger partial charge on any atom is 0.111 e. The number of hydrogen-bond donors (Lipinski definition) is 3. The topological polar surface area (TPSA) is 65.4 Å². The molecule has 3 N–H and O–H groups in total. The lowest BCUT2D eigenvalue weighted by molar-refractivity contribution is 0.163. The highest BCUT2D eigenvalue weighted by atomic mass is 32.1. The zero-order valence-electron chi connectivity index (χ0n) is 9.63. The summed E-state index contributed by atoms with van der Waals surface area (Å²) in [6, 6.07) is 7.71. The minimum atomic E-state index is -0.294. The number of aliphatic hydroxyl groups is 2. The summed E-state index contributed by atoms with van der Waals surface area (Å²) in [5.41, 5.74) is 0.991. The highest BCUT2D eigenvalue weighted by molar-refractivity contribution is 7.18. The van der Waals surface area contributed by atoms with Gasteiger partial charge in [0.1, 0.15) is 5.01 Å². The number of rotatable bonds is 5. The quantitative estimate of drug-likeness (QED) is 0.750. The molecule has 1 atom stereocenters. The Balaban J connectivity index is 2.15. The standard InChI is InChI=1S/C12H16N2O2S/c1-8(13-9(6-15)7-16)12-14-10-4-2-3-5-11(10)17-12/h2-5,8-9,13,15-16H,6-7H2,1H3. The third-order valence-corrected chi connectivity index (χ3v) is 3.83. The summed E-state index contributed by atoms with van der Waals surface area (Å²) in [4.78, 5) is 4.53. The average Bonchev–Trinajstić information content (AvgIpc) is 2.79. The first-order valence-electron chi connectivity index (χ1n) is 5.58. The van der Waals surface area contributed by atoms with E-state index in [2.05, 4.69) is 10.3 Å². The number of aliphatic hydroxyl groups excluding tert-OH is 2. The lowest BCUT2D eigenvalue weighted by Gasteiger charge is -2.17. The minimum Gasteiger partial charge on any atom is -0.395 e. The lowest BCUT2D eigenvalue weighted by atomic mass is 10.2. The summed E-state index contributed by atoms with van der Waals surface area (Å²) >= 11 is 1.63. The molecule has 0 spiro atoms. The molecule has 1 aromatic heterocycles. The van der Waals surface area contributed by atoms with E-state index in [1.165, 1.54) is 0 Å². The summed E-state index contributed by atoms with van der Waals surface area (Å²) in [6.45, 7) is 1.83. The lowest BCUT2D eigenvalue weighted by Crippen LogP contribution is -2.37. The van der Waals surface area contributed by atoms with Gasteiger partial charge in [-0.3, -0.25) is 0 Å². The second-order valence-corrected chi connectivity index (χ2v) is 5.03. The molecule has 2 aromatic rings. The first-order chi connectivity index (χ1) is 8.24. The van der Waals surface area contributed by atoms with Crippen LogP contribution in [0.15, 0.2) is 24.3 Å². The Hall–Kier alpha value is -1.01. The van der Waals surface area contributed by atoms with E-state index in [-0.39, 0.29) is 25.3 Å². The number of fused-ring (bicyclic) bond motifs is 1. The van der Waals surface area contributed by atoms with E-state index in [0.717, 1.165) is 15.2 Å². The van der Waals surface area contributed by atoms with Gasteiger partial charge < -0.3 is 15.5 Å². The van der Waals surface area contributed by atoms with Crippen LogP contribution in [0.4, 0.5) is 0 Å². The van der Waals surface area contributed by atoms with Gasteiger partial charge in [-0.15, -0.1) is 11.3 Å². The predicted octanol–water partition coefficient (Wildman–Crippen LogP) is 1.30. The maximum absolute atomic E-state index is 9.02. The van der Waals surface area contributed by atoms with Gasteiger partial charge in [0.2, 0.25) is 0 Å². The molecule has 1 heterocycles. The molecule has 0 bridgehead atoms. The average molecular weight is 252 g/mol. The fourth-order valence-electron chi connectivity index (χ4n) is 1.66. The number of benzene rings is 1. The zero-order chi connectivity index (χ0) is 12.3. The molecule has 0 saturated heterocycles. The van der Waals surface area contributed by atoms with E-state index in [9.17, 15) is 0 Å². The van der Waals surface area contributed by atoms with Crippen LogP contribution >= 0.6 is 11.3 Å². The molecule has 17 heavy (non-hydrogen) atoms. The van der Waals surface area contributed by atoms with E-state index in [1.807, 2.05) is 31.2 Å². The van der Waals surface area contributed by atoms with Crippen LogP contribution in [0.25, 0.3) is 10.2 Å². The van der Waals surface area contributed by atoms with Crippen molar-refractivity contribution in [1.29, 1.82) is 0 Å². The van der Waals surface area contributed by atoms with E-state index >= 15 is 0 Å². The molecular formula is C12H16N2O2S. The summed E-state index contributed by atoms with van der Waals surface area (Å²) in [5.74, 6) is 0. The van der Waals surface area contributed by atoms with Crippen LogP contribution in [-0.2, 0) is 0 Å². The Kier molecular flexibility index (Phi) is 4.06. The van der Waals surface area contributed by atoms with Crippen molar-refractivity contribution in [2.75, 3.05) is 13.2 Å².